The molecule has 8 heteroatoms. The second-order valence-corrected chi connectivity index (χ2v) is 12.4. The third kappa shape index (κ3) is 6.76. The van der Waals surface area contributed by atoms with E-state index < -0.39 is 0 Å². The molecular weight excluding hydrogens is 761 g/mol. The smallest absolute Gasteiger partial charge is 0.513 e. The summed E-state index contributed by atoms with van der Waals surface area (Å²) in [5.74, 6) is 2.26. The first-order valence-corrected chi connectivity index (χ1v) is 16.1. The molecule has 0 atom stereocenters. The molecule has 0 fully saturated rings. The van der Waals surface area contributed by atoms with Gasteiger partial charge in [-0.1, -0.05) is 93.8 Å². The Bertz CT molecular complexity index is 1950. The summed E-state index contributed by atoms with van der Waals surface area (Å²) in [5, 5.41) is 14.0. The Labute approximate surface area is 291 Å². The molecule has 0 saturated carbocycles. The minimum absolute atomic E-state index is 0. The largest absolute Gasteiger partial charge is 3.00 e. The number of rotatable bonds is 7. The molecule has 0 unspecified atom stereocenters. The number of hydrogen-bond donors (Lipinski definition) is 0. The molecule has 0 aliphatic carbocycles. The van der Waals surface area contributed by atoms with Gasteiger partial charge in [-0.2, -0.15) is 18.2 Å². The molecule has 0 spiro atoms. The Balaban J connectivity index is 0.000000181. The van der Waals surface area contributed by atoms with Crippen LogP contribution >= 0.6 is 0 Å². The SMILES string of the molecule is CC(C)c1cccc(C(C)C)c1-n1ccnc1-c1[c-]cccc1.CCN1[CH-]N(c2[c-]ccc3c2oc2c(C(C)C)cccc23)N=N1.[Ir+3]. The van der Waals surface area contributed by atoms with Crippen LogP contribution in [-0.4, -0.2) is 21.1 Å². The van der Waals surface area contributed by atoms with Crippen molar-refractivity contribution in [2.24, 2.45) is 10.4 Å². The molecule has 0 N–H and O–H groups in total. The Morgan fingerprint density at radius 3 is 2.06 bits per heavy atom. The van der Waals surface area contributed by atoms with E-state index in [4.69, 9.17) is 4.42 Å². The minimum Gasteiger partial charge on any atom is -0.513 e. The van der Waals surface area contributed by atoms with Crippen molar-refractivity contribution < 1.29 is 24.5 Å². The molecule has 0 saturated heterocycles. The van der Waals surface area contributed by atoms with Gasteiger partial charge in [-0.25, -0.2) is 0 Å². The zero-order valence-corrected chi connectivity index (χ0v) is 30.4. The van der Waals surface area contributed by atoms with E-state index in [0.717, 1.165) is 45.6 Å². The van der Waals surface area contributed by atoms with E-state index in [2.05, 4.69) is 122 Å². The number of fused-ring (bicyclic) bond motifs is 3. The second-order valence-electron chi connectivity index (χ2n) is 12.4. The molecule has 7 rings (SSSR count). The summed E-state index contributed by atoms with van der Waals surface area (Å²) in [4.78, 5) is 4.60. The van der Waals surface area contributed by atoms with E-state index in [1.54, 1.807) is 10.0 Å². The quantitative estimate of drug-likeness (QED) is 0.151. The van der Waals surface area contributed by atoms with Crippen molar-refractivity contribution >= 4 is 27.6 Å². The second kappa shape index (κ2) is 14.7. The van der Waals surface area contributed by atoms with E-state index in [0.29, 0.717) is 17.8 Å². The first-order valence-electron chi connectivity index (χ1n) is 16.1. The van der Waals surface area contributed by atoms with Gasteiger partial charge in [0, 0.05) is 35.6 Å². The Morgan fingerprint density at radius 1 is 0.745 bits per heavy atom. The van der Waals surface area contributed by atoms with Gasteiger partial charge in [-0.15, -0.1) is 42.6 Å². The van der Waals surface area contributed by atoms with E-state index in [-0.39, 0.29) is 20.1 Å². The number of imidazole rings is 1. The third-order valence-corrected chi connectivity index (χ3v) is 8.31. The van der Waals surface area contributed by atoms with Crippen molar-refractivity contribution in [3.8, 4) is 17.1 Å². The molecule has 1 aliphatic rings. The predicted molar refractivity (Wildman–Crippen MR) is 187 cm³/mol. The van der Waals surface area contributed by atoms with Gasteiger partial charge in [0.1, 0.15) is 5.58 Å². The fourth-order valence-corrected chi connectivity index (χ4v) is 5.92. The molecular formula is C39H41IrN6O. The average molecular weight is 802 g/mol. The monoisotopic (exact) mass is 802 g/mol. The summed E-state index contributed by atoms with van der Waals surface area (Å²) >= 11 is 0. The topological polar surface area (TPSA) is 62.2 Å². The summed E-state index contributed by atoms with van der Waals surface area (Å²) < 4.78 is 8.46. The van der Waals surface area contributed by atoms with Crippen LogP contribution in [0.15, 0.2) is 100 Å². The summed E-state index contributed by atoms with van der Waals surface area (Å²) in [5.41, 5.74) is 8.73. The van der Waals surface area contributed by atoms with Crippen LogP contribution in [0.5, 0.6) is 0 Å². The van der Waals surface area contributed by atoms with Crippen molar-refractivity contribution in [1.82, 2.24) is 14.6 Å². The molecule has 2 aromatic heterocycles. The van der Waals surface area contributed by atoms with Crippen LogP contribution in [0, 0.1) is 18.8 Å². The van der Waals surface area contributed by atoms with Crippen molar-refractivity contribution in [2.75, 3.05) is 11.6 Å². The summed E-state index contributed by atoms with van der Waals surface area (Å²) in [6.45, 7) is 18.0. The van der Waals surface area contributed by atoms with Crippen molar-refractivity contribution in [3.63, 3.8) is 0 Å². The average Bonchev–Trinajstić information content (AvgIpc) is 3.83. The normalized spacial score (nSPS) is 12.8. The maximum absolute atomic E-state index is 6.24. The number of para-hydroxylation sites is 2. The fourth-order valence-electron chi connectivity index (χ4n) is 5.92. The Hall–Kier alpha value is -4.26. The van der Waals surface area contributed by atoms with Crippen LogP contribution in [0.3, 0.4) is 0 Å². The molecule has 47 heavy (non-hydrogen) atoms. The zero-order chi connectivity index (χ0) is 32.4. The van der Waals surface area contributed by atoms with Crippen molar-refractivity contribution in [2.45, 2.75) is 66.2 Å². The maximum atomic E-state index is 6.24. The van der Waals surface area contributed by atoms with Crippen LogP contribution in [-0.2, 0) is 20.1 Å². The van der Waals surface area contributed by atoms with Crippen LogP contribution in [0.4, 0.5) is 5.69 Å². The van der Waals surface area contributed by atoms with Gasteiger partial charge in [0.05, 0.1) is 5.82 Å². The zero-order valence-electron chi connectivity index (χ0n) is 28.0. The number of furan rings is 1. The van der Waals surface area contributed by atoms with Gasteiger partial charge in [0.25, 0.3) is 0 Å². The standard InChI is InChI=1S/C21H23N2.C18H18N4O.Ir/c1-15(2)18-11-8-12-19(16(3)4)20(18)23-14-13-22-21(23)17-9-6-5-7-10-17;1-4-21-11-22(20-19-21)16-10-6-9-15-14-8-5-7-13(12(2)3)17(14)23-18(15)16;/h5-9,11-16H,1-4H3;5-9,11-12H,4H2,1-3H3;/q-1;-2;+3. The molecule has 3 heterocycles. The number of aromatic nitrogens is 2. The van der Waals surface area contributed by atoms with Crippen molar-refractivity contribution in [3.05, 3.63) is 121 Å². The van der Waals surface area contributed by atoms with Gasteiger partial charge in [-0.05, 0) is 47.1 Å². The summed E-state index contributed by atoms with van der Waals surface area (Å²) in [6.07, 6.45) is 3.93. The molecule has 0 amide bonds. The summed E-state index contributed by atoms with van der Waals surface area (Å²) in [7, 11) is 0. The van der Waals surface area contributed by atoms with Gasteiger partial charge in [0.15, 0.2) is 0 Å². The molecule has 6 aromatic rings. The van der Waals surface area contributed by atoms with Crippen molar-refractivity contribution in [1.29, 1.82) is 0 Å². The molecule has 1 aliphatic heterocycles. The van der Waals surface area contributed by atoms with Crippen LogP contribution in [0.1, 0.15) is 82.9 Å². The van der Waals surface area contributed by atoms with Crippen LogP contribution in [0.25, 0.3) is 39.0 Å². The number of nitrogens with zero attached hydrogens (tertiary/aromatic N) is 6. The predicted octanol–water partition coefficient (Wildman–Crippen LogP) is 10.6. The Morgan fingerprint density at radius 2 is 1.43 bits per heavy atom. The number of anilines is 1. The molecule has 0 bridgehead atoms. The van der Waals surface area contributed by atoms with Gasteiger partial charge < -0.3 is 19.0 Å². The summed E-state index contributed by atoms with van der Waals surface area (Å²) in [6, 6.07) is 31.4. The molecule has 0 radical (unpaired) electrons. The molecule has 242 valence electrons. The first-order chi connectivity index (χ1) is 22.3. The van der Waals surface area contributed by atoms with E-state index >= 15 is 0 Å². The van der Waals surface area contributed by atoms with Gasteiger partial charge in [-0.3, -0.25) is 4.98 Å². The van der Waals surface area contributed by atoms with E-state index in [9.17, 15) is 0 Å². The first kappa shape index (κ1) is 34.1. The molecule has 7 nitrogen and oxygen atoms in total. The van der Waals surface area contributed by atoms with Gasteiger partial charge >= 0.3 is 20.1 Å². The van der Waals surface area contributed by atoms with Crippen LogP contribution in [0.2, 0.25) is 0 Å². The van der Waals surface area contributed by atoms with Gasteiger partial charge in [0.2, 0.25) is 0 Å². The number of hydrogen-bond acceptors (Lipinski definition) is 6. The fraction of sp³-hybridized carbons (Fsp3) is 0.282. The van der Waals surface area contributed by atoms with E-state index in [1.165, 1.54) is 22.4 Å². The maximum Gasteiger partial charge on any atom is 3.00 e. The number of benzene rings is 4. The van der Waals surface area contributed by atoms with E-state index in [1.807, 2.05) is 50.1 Å². The van der Waals surface area contributed by atoms with Crippen LogP contribution < -0.4 is 5.01 Å². The Kier molecular flexibility index (Phi) is 10.6. The third-order valence-electron chi connectivity index (χ3n) is 8.31. The minimum atomic E-state index is 0. The molecule has 4 aromatic carbocycles.